The molecular formula is C22H42N2O4Si2. The van der Waals surface area contributed by atoms with Gasteiger partial charge in [-0.3, -0.25) is 10.1 Å². The molecule has 0 aliphatic carbocycles. The minimum atomic E-state index is -1.88. The Balaban J connectivity index is 2.97. The molecule has 0 bridgehead atoms. The highest BCUT2D eigenvalue weighted by molar-refractivity contribution is 6.74. The third-order valence-corrected chi connectivity index (χ3v) is 15.8. The molecule has 0 N–H and O–H groups in total. The standard InChI is InChI=1S/C22H42N2O4Si2/c1-21(2,3)29(7,8)27-17-15-23(16-18-28-30(9,10)22(4,5)6)19-13-11-12-14-20(19)24(25)26/h11-14H,15-18H2,1-10H3. The molecule has 0 heterocycles. The molecule has 8 heteroatoms. The lowest BCUT2D eigenvalue weighted by Gasteiger charge is -2.38. The number of nitro groups is 1. The van der Waals surface area contributed by atoms with Gasteiger partial charge in [0.15, 0.2) is 16.6 Å². The highest BCUT2D eigenvalue weighted by Crippen LogP contribution is 2.37. The maximum atomic E-state index is 11.6. The number of benzene rings is 1. The monoisotopic (exact) mass is 454 g/mol. The van der Waals surface area contributed by atoms with Crippen LogP contribution in [0, 0.1) is 10.1 Å². The van der Waals surface area contributed by atoms with Crippen LogP contribution in [0.2, 0.25) is 36.3 Å². The van der Waals surface area contributed by atoms with E-state index in [0.717, 1.165) is 0 Å². The van der Waals surface area contributed by atoms with Crippen LogP contribution >= 0.6 is 0 Å². The van der Waals surface area contributed by atoms with Crippen molar-refractivity contribution in [3.63, 3.8) is 0 Å². The fourth-order valence-corrected chi connectivity index (χ4v) is 4.56. The number of nitrogens with zero attached hydrogens (tertiary/aromatic N) is 2. The average Bonchev–Trinajstić information content (AvgIpc) is 2.58. The highest BCUT2D eigenvalue weighted by atomic mass is 28.4. The van der Waals surface area contributed by atoms with Gasteiger partial charge >= 0.3 is 0 Å². The van der Waals surface area contributed by atoms with Crippen molar-refractivity contribution in [3.05, 3.63) is 34.4 Å². The molecule has 0 amide bonds. The lowest BCUT2D eigenvalue weighted by Crippen LogP contribution is -2.44. The summed E-state index contributed by atoms with van der Waals surface area (Å²) in [6.45, 7) is 24.5. The quantitative estimate of drug-likeness (QED) is 0.231. The van der Waals surface area contributed by atoms with E-state index < -0.39 is 16.6 Å². The van der Waals surface area contributed by atoms with E-state index in [-0.39, 0.29) is 20.7 Å². The van der Waals surface area contributed by atoms with Crippen LogP contribution in [0.25, 0.3) is 0 Å². The molecule has 0 saturated carbocycles. The summed E-state index contributed by atoms with van der Waals surface area (Å²) in [4.78, 5) is 13.3. The van der Waals surface area contributed by atoms with Gasteiger partial charge in [0.05, 0.1) is 18.1 Å². The fraction of sp³-hybridized carbons (Fsp3) is 0.727. The van der Waals surface area contributed by atoms with Crippen molar-refractivity contribution in [2.45, 2.75) is 77.8 Å². The van der Waals surface area contributed by atoms with Gasteiger partial charge < -0.3 is 13.8 Å². The first-order valence-electron chi connectivity index (χ1n) is 10.8. The SMILES string of the molecule is CC(C)(C)[Si](C)(C)OCCN(CCO[Si](C)(C)C(C)(C)C)c1ccccc1[N+](=O)[O-]. The Kier molecular flexibility index (Phi) is 8.87. The molecule has 0 fully saturated rings. The summed E-state index contributed by atoms with van der Waals surface area (Å²) >= 11 is 0. The van der Waals surface area contributed by atoms with Crippen molar-refractivity contribution in [3.8, 4) is 0 Å². The molecule has 6 nitrogen and oxygen atoms in total. The molecule has 1 rings (SSSR count). The molecule has 0 aliphatic heterocycles. The Bertz CT molecular complexity index is 678. The van der Waals surface area contributed by atoms with Crippen LogP contribution in [-0.2, 0) is 8.85 Å². The summed E-state index contributed by atoms with van der Waals surface area (Å²) < 4.78 is 12.7. The molecule has 1 aromatic rings. The first kappa shape index (κ1) is 26.8. The normalized spacial score (nSPS) is 13.4. The van der Waals surface area contributed by atoms with E-state index in [1.54, 1.807) is 12.1 Å². The van der Waals surface area contributed by atoms with Crippen LogP contribution in [0.4, 0.5) is 11.4 Å². The molecule has 172 valence electrons. The summed E-state index contributed by atoms with van der Waals surface area (Å²) in [5, 5.41) is 11.8. The maximum absolute atomic E-state index is 11.6. The van der Waals surface area contributed by atoms with Crippen LogP contribution in [0.1, 0.15) is 41.5 Å². The Labute approximate surface area is 185 Å². The van der Waals surface area contributed by atoms with Crippen molar-refractivity contribution in [1.82, 2.24) is 0 Å². The van der Waals surface area contributed by atoms with E-state index in [1.807, 2.05) is 17.0 Å². The van der Waals surface area contributed by atoms with Crippen molar-refractivity contribution >= 4 is 28.0 Å². The van der Waals surface area contributed by atoms with E-state index in [1.165, 1.54) is 0 Å². The van der Waals surface area contributed by atoms with Crippen molar-refractivity contribution in [1.29, 1.82) is 0 Å². The maximum Gasteiger partial charge on any atom is 0.292 e. The molecular weight excluding hydrogens is 412 g/mol. The largest absolute Gasteiger partial charge is 0.415 e. The average molecular weight is 455 g/mol. The van der Waals surface area contributed by atoms with Gasteiger partial charge in [0.1, 0.15) is 5.69 Å². The zero-order valence-electron chi connectivity index (χ0n) is 20.7. The van der Waals surface area contributed by atoms with Gasteiger partial charge in [-0.25, -0.2) is 0 Å². The number of hydrogen-bond acceptors (Lipinski definition) is 5. The zero-order chi connectivity index (χ0) is 23.4. The van der Waals surface area contributed by atoms with E-state index in [9.17, 15) is 10.1 Å². The van der Waals surface area contributed by atoms with E-state index in [2.05, 4.69) is 67.7 Å². The second kappa shape index (κ2) is 9.93. The summed E-state index contributed by atoms with van der Waals surface area (Å²) in [5.74, 6) is 0. The van der Waals surface area contributed by atoms with Crippen LogP contribution in [-0.4, -0.2) is 47.9 Å². The Morgan fingerprint density at radius 1 is 0.867 bits per heavy atom. The number of para-hydroxylation sites is 2. The highest BCUT2D eigenvalue weighted by Gasteiger charge is 2.38. The smallest absolute Gasteiger partial charge is 0.292 e. The minimum absolute atomic E-state index is 0.122. The van der Waals surface area contributed by atoms with E-state index in [4.69, 9.17) is 8.85 Å². The van der Waals surface area contributed by atoms with Crippen LogP contribution < -0.4 is 4.90 Å². The summed E-state index contributed by atoms with van der Waals surface area (Å²) in [5.41, 5.74) is 0.748. The van der Waals surface area contributed by atoms with Crippen molar-refractivity contribution in [2.75, 3.05) is 31.2 Å². The van der Waals surface area contributed by atoms with Crippen LogP contribution in [0.15, 0.2) is 24.3 Å². The van der Waals surface area contributed by atoms with E-state index in [0.29, 0.717) is 32.0 Å². The molecule has 0 aromatic heterocycles. The molecule has 0 aliphatic rings. The fourth-order valence-electron chi connectivity index (χ4n) is 2.49. The number of nitro benzene ring substituents is 1. The first-order chi connectivity index (χ1) is 13.5. The number of rotatable bonds is 10. The third-order valence-electron chi connectivity index (χ3n) is 6.68. The lowest BCUT2D eigenvalue weighted by molar-refractivity contribution is -0.384. The van der Waals surface area contributed by atoms with Gasteiger partial charge in [-0.05, 0) is 42.3 Å². The topological polar surface area (TPSA) is 64.8 Å². The van der Waals surface area contributed by atoms with Crippen molar-refractivity contribution < 1.29 is 13.8 Å². The Hall–Kier alpha value is -1.23. The van der Waals surface area contributed by atoms with Gasteiger partial charge in [-0.2, -0.15) is 0 Å². The summed E-state index contributed by atoms with van der Waals surface area (Å²) in [7, 11) is -3.76. The predicted molar refractivity (Wildman–Crippen MR) is 132 cm³/mol. The van der Waals surface area contributed by atoms with Gasteiger partial charge in [-0.1, -0.05) is 53.7 Å². The molecule has 0 atom stereocenters. The molecule has 0 unspecified atom stereocenters. The lowest BCUT2D eigenvalue weighted by atomic mass is 10.2. The Morgan fingerprint density at radius 2 is 1.27 bits per heavy atom. The summed E-state index contributed by atoms with van der Waals surface area (Å²) in [6, 6.07) is 6.93. The zero-order valence-corrected chi connectivity index (χ0v) is 22.7. The molecule has 1 aromatic carbocycles. The van der Waals surface area contributed by atoms with Gasteiger partial charge in [0.25, 0.3) is 5.69 Å². The number of anilines is 1. The molecule has 0 spiro atoms. The Morgan fingerprint density at radius 3 is 1.63 bits per heavy atom. The minimum Gasteiger partial charge on any atom is -0.415 e. The number of hydrogen-bond donors (Lipinski definition) is 0. The van der Waals surface area contributed by atoms with Crippen molar-refractivity contribution in [2.24, 2.45) is 0 Å². The molecule has 0 saturated heterocycles. The van der Waals surface area contributed by atoms with E-state index >= 15 is 0 Å². The van der Waals surface area contributed by atoms with Gasteiger partial charge in [0.2, 0.25) is 0 Å². The van der Waals surface area contributed by atoms with Gasteiger partial charge in [0, 0.05) is 19.2 Å². The third kappa shape index (κ3) is 7.18. The van der Waals surface area contributed by atoms with Gasteiger partial charge in [-0.15, -0.1) is 0 Å². The van der Waals surface area contributed by atoms with Crippen LogP contribution in [0.5, 0.6) is 0 Å². The molecule has 30 heavy (non-hydrogen) atoms. The first-order valence-corrected chi connectivity index (χ1v) is 16.6. The summed E-state index contributed by atoms with van der Waals surface area (Å²) in [6.07, 6.45) is 0. The van der Waals surface area contributed by atoms with Crippen LogP contribution in [0.3, 0.4) is 0 Å². The predicted octanol–water partition coefficient (Wildman–Crippen LogP) is 6.44. The molecule has 0 radical (unpaired) electrons. The second-order valence-electron chi connectivity index (χ2n) is 11.0. The second-order valence-corrected chi connectivity index (χ2v) is 20.6.